The van der Waals surface area contributed by atoms with Crippen molar-refractivity contribution in [3.05, 3.63) is 10.6 Å². The third kappa shape index (κ3) is 2.80. The smallest absolute Gasteiger partial charge is 0.312 e. The maximum atomic E-state index is 11.1. The summed E-state index contributed by atoms with van der Waals surface area (Å²) in [5, 5.41) is 10.1. The van der Waals surface area contributed by atoms with E-state index in [9.17, 15) is 4.79 Å². The van der Waals surface area contributed by atoms with E-state index in [0.717, 1.165) is 40.8 Å². The van der Waals surface area contributed by atoms with Crippen LogP contribution in [0, 0.1) is 0 Å². The van der Waals surface area contributed by atoms with Crippen molar-refractivity contribution in [2.45, 2.75) is 25.2 Å². The molecule has 0 radical (unpaired) electrons. The van der Waals surface area contributed by atoms with Gasteiger partial charge in [-0.3, -0.25) is 4.79 Å². The van der Waals surface area contributed by atoms with E-state index in [2.05, 4.69) is 16.1 Å². The molecule has 1 N–H and O–H groups in total. The van der Waals surface area contributed by atoms with Crippen molar-refractivity contribution in [1.82, 2.24) is 4.98 Å². The van der Waals surface area contributed by atoms with Crippen LogP contribution < -0.4 is 4.90 Å². The van der Waals surface area contributed by atoms with E-state index in [1.165, 1.54) is 0 Å². The number of hydrogen-bond donors (Lipinski definition) is 1. The van der Waals surface area contributed by atoms with Gasteiger partial charge in [0.2, 0.25) is 0 Å². The first-order valence-electron chi connectivity index (χ1n) is 6.06. The Morgan fingerprint density at radius 2 is 2.44 bits per heavy atom. The Morgan fingerprint density at radius 3 is 3.11 bits per heavy atom. The molecule has 0 aromatic carbocycles. The monoisotopic (exact) mass is 286 g/mol. The zero-order chi connectivity index (χ0) is 13.1. The maximum absolute atomic E-state index is 11.1. The Hall–Kier alpha value is -0.750. The van der Waals surface area contributed by atoms with Gasteiger partial charge in [-0.25, -0.2) is 4.98 Å². The Labute approximate surface area is 115 Å². The van der Waals surface area contributed by atoms with Crippen LogP contribution in [0.15, 0.2) is 0 Å². The second-order valence-electron chi connectivity index (χ2n) is 4.50. The van der Waals surface area contributed by atoms with Crippen molar-refractivity contribution < 1.29 is 9.90 Å². The van der Waals surface area contributed by atoms with E-state index in [4.69, 9.17) is 5.11 Å². The Bertz CT molecular complexity index is 434. The number of carbonyl (C=O) groups is 1. The fourth-order valence-corrected chi connectivity index (χ4v) is 3.70. The molecule has 4 nitrogen and oxygen atoms in total. The third-order valence-electron chi connectivity index (χ3n) is 3.17. The number of fused-ring (bicyclic) bond motifs is 1. The fraction of sp³-hybridized carbons (Fsp3) is 0.667. The quantitative estimate of drug-likeness (QED) is 0.814. The normalized spacial score (nSPS) is 17.8. The summed E-state index contributed by atoms with van der Waals surface area (Å²) in [5.74, 6) is 0.0212. The van der Waals surface area contributed by atoms with E-state index < -0.39 is 5.97 Å². The van der Waals surface area contributed by atoms with Gasteiger partial charge < -0.3 is 10.0 Å². The Balaban J connectivity index is 2.04. The van der Waals surface area contributed by atoms with Crippen LogP contribution in [0.4, 0.5) is 5.13 Å². The van der Waals surface area contributed by atoms with Crippen LogP contribution in [0.3, 0.4) is 0 Å². The van der Waals surface area contributed by atoms with Crippen molar-refractivity contribution in [2.75, 3.05) is 30.5 Å². The van der Waals surface area contributed by atoms with E-state index in [1.807, 2.05) is 18.8 Å². The molecule has 0 saturated carbocycles. The Kier molecular flexibility index (Phi) is 4.50. The van der Waals surface area contributed by atoms with Crippen LogP contribution in [-0.2, 0) is 11.2 Å². The van der Waals surface area contributed by atoms with Crippen LogP contribution >= 0.6 is 23.1 Å². The highest BCUT2D eigenvalue weighted by Crippen LogP contribution is 2.39. The predicted molar refractivity (Wildman–Crippen MR) is 77.1 cm³/mol. The second kappa shape index (κ2) is 5.93. The van der Waals surface area contributed by atoms with Gasteiger partial charge in [0.15, 0.2) is 5.13 Å². The molecule has 1 aromatic heterocycles. The number of aryl methyl sites for hydroxylation is 1. The van der Waals surface area contributed by atoms with Crippen LogP contribution in [0.5, 0.6) is 0 Å². The molecule has 0 amide bonds. The summed E-state index contributed by atoms with van der Waals surface area (Å²) < 4.78 is 0. The summed E-state index contributed by atoms with van der Waals surface area (Å²) in [5.41, 5.74) is 0.805. The molecule has 2 rings (SSSR count). The average Bonchev–Trinajstić information content (AvgIpc) is 2.87. The van der Waals surface area contributed by atoms with Crippen LogP contribution in [0.2, 0.25) is 0 Å². The van der Waals surface area contributed by atoms with E-state index in [1.54, 1.807) is 11.3 Å². The minimum absolute atomic E-state index is 0.385. The molecular weight excluding hydrogens is 268 g/mol. The number of thioether (sulfide) groups is 1. The molecule has 0 saturated heterocycles. The summed E-state index contributed by atoms with van der Waals surface area (Å²) in [7, 11) is 2.03. The van der Waals surface area contributed by atoms with Gasteiger partial charge in [-0.1, -0.05) is 0 Å². The lowest BCUT2D eigenvalue weighted by atomic mass is 10.1. The lowest BCUT2D eigenvalue weighted by molar-refractivity contribution is -0.138. The summed E-state index contributed by atoms with van der Waals surface area (Å²) in [4.78, 5) is 18.9. The molecule has 18 heavy (non-hydrogen) atoms. The minimum Gasteiger partial charge on any atom is -0.481 e. The first kappa shape index (κ1) is 13.7. The standard InChI is InChI=1S/C12H18N2O2S2/c1-14(6-3-7-17-2)12-13-10-8(11(15)16)4-5-9(10)18-12/h8H,3-7H2,1-2H3,(H,15,16). The number of carboxylic acids is 1. The summed E-state index contributed by atoms with van der Waals surface area (Å²) >= 11 is 3.50. The van der Waals surface area contributed by atoms with Crippen LogP contribution in [0.1, 0.15) is 29.3 Å². The molecule has 1 aromatic rings. The van der Waals surface area contributed by atoms with Crippen molar-refractivity contribution in [3.8, 4) is 0 Å². The SMILES string of the molecule is CSCCCN(C)c1nc2c(s1)CCC2C(=O)O. The molecular formula is C12H18N2O2S2. The van der Waals surface area contributed by atoms with E-state index in [-0.39, 0.29) is 5.92 Å². The molecule has 0 aliphatic heterocycles. The topological polar surface area (TPSA) is 53.4 Å². The van der Waals surface area contributed by atoms with Gasteiger partial charge in [-0.15, -0.1) is 11.3 Å². The van der Waals surface area contributed by atoms with Gasteiger partial charge in [0.1, 0.15) is 5.92 Å². The summed E-state index contributed by atoms with van der Waals surface area (Å²) in [6.45, 7) is 0.977. The number of carboxylic acid groups (broad SMARTS) is 1. The number of rotatable bonds is 6. The highest BCUT2D eigenvalue weighted by atomic mass is 32.2. The Morgan fingerprint density at radius 1 is 1.67 bits per heavy atom. The largest absolute Gasteiger partial charge is 0.481 e. The molecule has 1 aliphatic carbocycles. The summed E-state index contributed by atoms with van der Waals surface area (Å²) in [6, 6.07) is 0. The lowest BCUT2D eigenvalue weighted by Gasteiger charge is -2.15. The predicted octanol–water partition coefficient (Wildman–Crippen LogP) is 2.45. The van der Waals surface area contributed by atoms with Crippen molar-refractivity contribution in [1.29, 1.82) is 0 Å². The van der Waals surface area contributed by atoms with Crippen LogP contribution in [0.25, 0.3) is 0 Å². The first-order valence-corrected chi connectivity index (χ1v) is 8.27. The zero-order valence-electron chi connectivity index (χ0n) is 10.7. The van der Waals surface area contributed by atoms with Gasteiger partial charge in [-0.05, 0) is 31.3 Å². The highest BCUT2D eigenvalue weighted by Gasteiger charge is 2.32. The molecule has 0 fully saturated rings. The van der Waals surface area contributed by atoms with Crippen molar-refractivity contribution >= 4 is 34.2 Å². The molecule has 100 valence electrons. The average molecular weight is 286 g/mol. The molecule has 1 aliphatic rings. The fourth-order valence-electron chi connectivity index (χ4n) is 2.16. The van der Waals surface area contributed by atoms with Gasteiger partial charge in [0, 0.05) is 18.5 Å². The first-order chi connectivity index (χ1) is 8.63. The number of anilines is 1. The third-order valence-corrected chi connectivity index (χ3v) is 5.12. The second-order valence-corrected chi connectivity index (χ2v) is 6.55. The van der Waals surface area contributed by atoms with Crippen molar-refractivity contribution in [3.63, 3.8) is 0 Å². The molecule has 1 heterocycles. The molecule has 6 heteroatoms. The molecule has 0 bridgehead atoms. The van der Waals surface area contributed by atoms with E-state index >= 15 is 0 Å². The van der Waals surface area contributed by atoms with Gasteiger partial charge in [0.05, 0.1) is 5.69 Å². The number of aromatic nitrogens is 1. The van der Waals surface area contributed by atoms with Crippen molar-refractivity contribution in [2.24, 2.45) is 0 Å². The zero-order valence-corrected chi connectivity index (χ0v) is 12.3. The molecule has 1 unspecified atom stereocenters. The highest BCUT2D eigenvalue weighted by molar-refractivity contribution is 7.98. The number of thiazole rings is 1. The molecule has 0 spiro atoms. The molecule has 1 atom stereocenters. The lowest BCUT2D eigenvalue weighted by Crippen LogP contribution is -2.19. The van der Waals surface area contributed by atoms with Crippen LogP contribution in [-0.4, -0.2) is 41.7 Å². The number of aliphatic carboxylic acids is 1. The summed E-state index contributed by atoms with van der Waals surface area (Å²) in [6.07, 6.45) is 4.81. The minimum atomic E-state index is -0.740. The number of nitrogens with zero attached hydrogens (tertiary/aromatic N) is 2. The maximum Gasteiger partial charge on any atom is 0.312 e. The van der Waals surface area contributed by atoms with Gasteiger partial charge in [-0.2, -0.15) is 11.8 Å². The van der Waals surface area contributed by atoms with E-state index in [0.29, 0.717) is 6.42 Å². The van der Waals surface area contributed by atoms with Gasteiger partial charge in [0.25, 0.3) is 0 Å². The number of hydrogen-bond acceptors (Lipinski definition) is 5. The van der Waals surface area contributed by atoms with Gasteiger partial charge >= 0.3 is 5.97 Å².